The molecule has 0 atom stereocenters. The van der Waals surface area contributed by atoms with Crippen molar-refractivity contribution in [3.63, 3.8) is 0 Å². The van der Waals surface area contributed by atoms with Gasteiger partial charge in [0.05, 0.1) is 6.54 Å². The van der Waals surface area contributed by atoms with Gasteiger partial charge in [0, 0.05) is 65.3 Å². The van der Waals surface area contributed by atoms with E-state index in [2.05, 4.69) is 45.7 Å². The molecule has 204 valence electrons. The Balaban J connectivity index is 1.42. The molecule has 3 aromatic rings. The summed E-state index contributed by atoms with van der Waals surface area (Å²) < 4.78 is 2.07. The van der Waals surface area contributed by atoms with Crippen molar-refractivity contribution in [1.82, 2.24) is 19.8 Å². The van der Waals surface area contributed by atoms with Gasteiger partial charge in [0.1, 0.15) is 5.82 Å². The summed E-state index contributed by atoms with van der Waals surface area (Å²) in [6.45, 7) is 6.22. The van der Waals surface area contributed by atoms with Crippen LogP contribution in [0, 0.1) is 6.92 Å². The molecular formula is C30H39Cl2N5O. The van der Waals surface area contributed by atoms with Gasteiger partial charge in [0.15, 0.2) is 0 Å². The second kappa shape index (κ2) is 13.0. The topological polar surface area (TPSA) is 53.4 Å². The summed E-state index contributed by atoms with van der Waals surface area (Å²) in [7, 11) is 4.33. The number of imidazole rings is 1. The molecular weight excluding hydrogens is 517 g/mol. The number of amides is 1. The molecule has 0 unspecified atom stereocenters. The zero-order valence-corrected chi connectivity index (χ0v) is 24.4. The number of nitrogens with one attached hydrogen (secondary N) is 1. The first-order valence-corrected chi connectivity index (χ1v) is 14.3. The second-order valence-electron chi connectivity index (χ2n) is 10.4. The number of benzene rings is 2. The molecule has 1 aliphatic carbocycles. The predicted molar refractivity (Wildman–Crippen MR) is 158 cm³/mol. The molecule has 8 heteroatoms. The van der Waals surface area contributed by atoms with Crippen LogP contribution in [-0.2, 0) is 13.0 Å². The van der Waals surface area contributed by atoms with Crippen molar-refractivity contribution >= 4 is 34.8 Å². The van der Waals surface area contributed by atoms with Gasteiger partial charge in [0.2, 0.25) is 0 Å². The summed E-state index contributed by atoms with van der Waals surface area (Å²) in [6, 6.07) is 12.7. The Morgan fingerprint density at radius 2 is 1.82 bits per heavy atom. The van der Waals surface area contributed by atoms with Crippen LogP contribution in [0.4, 0.5) is 5.69 Å². The van der Waals surface area contributed by atoms with E-state index < -0.39 is 0 Å². The number of carbonyl (C=O) groups is 1. The fraction of sp³-hybridized carbons (Fsp3) is 0.467. The number of anilines is 1. The minimum atomic E-state index is -0.108. The number of hydrogen-bond acceptors (Lipinski definition) is 4. The van der Waals surface area contributed by atoms with Crippen LogP contribution in [0.5, 0.6) is 0 Å². The lowest BCUT2D eigenvalue weighted by atomic mass is 9.89. The smallest absolute Gasteiger partial charge is 0.251 e. The Hall–Kier alpha value is -2.54. The highest BCUT2D eigenvalue weighted by Gasteiger charge is 2.28. The molecule has 1 heterocycles. The molecule has 0 spiro atoms. The third-order valence-corrected chi connectivity index (χ3v) is 8.40. The zero-order chi connectivity index (χ0) is 27.2. The number of carbonyl (C=O) groups excluding carboxylic acids is 1. The Kier molecular flexibility index (Phi) is 9.74. The van der Waals surface area contributed by atoms with Gasteiger partial charge in [-0.2, -0.15) is 0 Å². The van der Waals surface area contributed by atoms with Crippen molar-refractivity contribution in [3.05, 3.63) is 81.4 Å². The maximum atomic E-state index is 13.3. The lowest BCUT2D eigenvalue weighted by Gasteiger charge is -2.40. The average Bonchev–Trinajstić information content (AvgIpc) is 3.34. The molecule has 1 fully saturated rings. The lowest BCUT2D eigenvalue weighted by Crippen LogP contribution is -2.42. The third-order valence-electron chi connectivity index (χ3n) is 7.81. The van der Waals surface area contributed by atoms with Crippen LogP contribution in [0.15, 0.2) is 48.8 Å². The lowest BCUT2D eigenvalue weighted by molar-refractivity contribution is 0.0953. The predicted octanol–water partition coefficient (Wildman–Crippen LogP) is 6.22. The monoisotopic (exact) mass is 555 g/mol. The van der Waals surface area contributed by atoms with Crippen LogP contribution < -0.4 is 10.2 Å². The van der Waals surface area contributed by atoms with Crippen molar-refractivity contribution in [2.45, 2.75) is 64.6 Å². The molecule has 6 nitrogen and oxygen atoms in total. The van der Waals surface area contributed by atoms with E-state index in [1.165, 1.54) is 12.8 Å². The Morgan fingerprint density at radius 1 is 1.11 bits per heavy atom. The Labute approximate surface area is 236 Å². The molecule has 1 amide bonds. The first-order chi connectivity index (χ1) is 18.3. The van der Waals surface area contributed by atoms with Gasteiger partial charge in [-0.3, -0.25) is 4.79 Å². The van der Waals surface area contributed by atoms with E-state index in [1.807, 2.05) is 43.5 Å². The number of hydrogen-bond donors (Lipinski definition) is 1. The molecule has 1 aliphatic rings. The van der Waals surface area contributed by atoms with E-state index in [4.69, 9.17) is 23.2 Å². The largest absolute Gasteiger partial charge is 0.369 e. The number of nitrogens with zero attached hydrogens (tertiary/aromatic N) is 4. The molecule has 2 aromatic carbocycles. The third kappa shape index (κ3) is 6.71. The summed E-state index contributed by atoms with van der Waals surface area (Å²) >= 11 is 12.9. The molecule has 0 aliphatic heterocycles. The zero-order valence-electron chi connectivity index (χ0n) is 22.9. The summed E-state index contributed by atoms with van der Waals surface area (Å²) in [5, 5.41) is 4.41. The van der Waals surface area contributed by atoms with Crippen molar-refractivity contribution < 1.29 is 4.79 Å². The molecule has 1 N–H and O–H groups in total. The summed E-state index contributed by atoms with van der Waals surface area (Å²) in [6.07, 6.45) is 9.01. The van der Waals surface area contributed by atoms with Crippen LogP contribution in [0.3, 0.4) is 0 Å². The van der Waals surface area contributed by atoms with E-state index in [9.17, 15) is 4.79 Å². The second-order valence-corrected chi connectivity index (χ2v) is 11.2. The summed E-state index contributed by atoms with van der Waals surface area (Å²) in [4.78, 5) is 22.6. The van der Waals surface area contributed by atoms with E-state index >= 15 is 0 Å². The van der Waals surface area contributed by atoms with Crippen molar-refractivity contribution in [3.8, 4) is 0 Å². The van der Waals surface area contributed by atoms with E-state index in [0.29, 0.717) is 42.2 Å². The van der Waals surface area contributed by atoms with Crippen molar-refractivity contribution in [1.29, 1.82) is 0 Å². The van der Waals surface area contributed by atoms with E-state index in [0.717, 1.165) is 47.0 Å². The number of halogens is 2. The van der Waals surface area contributed by atoms with Gasteiger partial charge < -0.3 is 19.7 Å². The van der Waals surface area contributed by atoms with E-state index in [-0.39, 0.29) is 5.91 Å². The standard InChI is InChI=1S/C30H39Cl2N5O/c1-5-37(25-12-10-24(11-13-25)35(3)4)28-19-23(31)18-26(21(28)2)30(38)34-15-14-29-33-16-17-36(29)20-22-8-6-7-9-27(22)32/h6-9,16-19,24-25H,5,10-15,20H2,1-4H3,(H,34,38)/t24-,25-. The normalized spacial score (nSPS) is 17.6. The van der Waals surface area contributed by atoms with Crippen molar-refractivity contribution in [2.75, 3.05) is 32.1 Å². The van der Waals surface area contributed by atoms with Gasteiger partial charge in [-0.25, -0.2) is 4.98 Å². The maximum absolute atomic E-state index is 13.3. The van der Waals surface area contributed by atoms with Gasteiger partial charge >= 0.3 is 0 Å². The highest BCUT2D eigenvalue weighted by molar-refractivity contribution is 6.31. The molecule has 1 saturated carbocycles. The van der Waals surface area contributed by atoms with Crippen LogP contribution in [0.25, 0.3) is 0 Å². The quantitative estimate of drug-likeness (QED) is 0.322. The fourth-order valence-corrected chi connectivity index (χ4v) is 6.02. The molecule has 0 radical (unpaired) electrons. The van der Waals surface area contributed by atoms with Crippen LogP contribution in [-0.4, -0.2) is 59.6 Å². The van der Waals surface area contributed by atoms with Crippen LogP contribution in [0.1, 0.15) is 59.9 Å². The van der Waals surface area contributed by atoms with Crippen molar-refractivity contribution in [2.24, 2.45) is 0 Å². The van der Waals surface area contributed by atoms with Gasteiger partial charge in [-0.15, -0.1) is 0 Å². The van der Waals surface area contributed by atoms with Gasteiger partial charge in [-0.05, 0) is 83.0 Å². The number of rotatable bonds is 10. The Morgan fingerprint density at radius 3 is 2.50 bits per heavy atom. The molecule has 4 rings (SSSR count). The van der Waals surface area contributed by atoms with Crippen LogP contribution >= 0.6 is 23.2 Å². The first kappa shape index (κ1) is 28.5. The van der Waals surface area contributed by atoms with Gasteiger partial charge in [0.25, 0.3) is 5.91 Å². The highest BCUT2D eigenvalue weighted by atomic mass is 35.5. The van der Waals surface area contributed by atoms with E-state index in [1.54, 1.807) is 12.3 Å². The molecule has 1 aromatic heterocycles. The summed E-state index contributed by atoms with van der Waals surface area (Å²) in [5.74, 6) is 0.794. The first-order valence-electron chi connectivity index (χ1n) is 13.5. The Bertz CT molecular complexity index is 1230. The fourth-order valence-electron chi connectivity index (χ4n) is 5.62. The average molecular weight is 557 g/mol. The van der Waals surface area contributed by atoms with Crippen LogP contribution in [0.2, 0.25) is 10.0 Å². The van der Waals surface area contributed by atoms with Gasteiger partial charge in [-0.1, -0.05) is 41.4 Å². The minimum absolute atomic E-state index is 0.108. The number of aromatic nitrogens is 2. The SMILES string of the molecule is CCN(c1cc(Cl)cc(C(=O)NCCc2nccn2Cc2ccccc2Cl)c1C)[C@H]1CC[C@H](N(C)C)CC1. The highest BCUT2D eigenvalue weighted by Crippen LogP contribution is 2.34. The molecule has 38 heavy (non-hydrogen) atoms. The molecule has 0 saturated heterocycles. The maximum Gasteiger partial charge on any atom is 0.251 e. The minimum Gasteiger partial charge on any atom is -0.369 e. The summed E-state index contributed by atoms with van der Waals surface area (Å²) in [5.41, 5.74) is 3.71. The molecule has 0 bridgehead atoms.